The molecule has 1 saturated heterocycles. The molecule has 0 aliphatic carbocycles. The van der Waals surface area contributed by atoms with Crippen molar-refractivity contribution in [3.63, 3.8) is 0 Å². The number of hydrogen-bond donors (Lipinski definition) is 1. The number of amides is 1. The number of pyridine rings is 1. The predicted octanol–water partition coefficient (Wildman–Crippen LogP) is 4.75. The van der Waals surface area contributed by atoms with Crippen molar-refractivity contribution in [2.75, 3.05) is 18.6 Å². The molecule has 1 aromatic heterocycles. The van der Waals surface area contributed by atoms with Gasteiger partial charge < -0.3 is 14.6 Å². The number of aromatic nitrogens is 1. The highest BCUT2D eigenvalue weighted by atomic mass is 16.5. The van der Waals surface area contributed by atoms with Gasteiger partial charge in [0.1, 0.15) is 23.3 Å². The van der Waals surface area contributed by atoms with Crippen LogP contribution >= 0.6 is 0 Å². The van der Waals surface area contributed by atoms with Gasteiger partial charge in [-0.3, -0.25) is 19.5 Å². The van der Waals surface area contributed by atoms with E-state index in [4.69, 9.17) is 9.47 Å². The Hall–Kier alpha value is -4.13. The minimum absolute atomic E-state index is 0.0273. The summed E-state index contributed by atoms with van der Waals surface area (Å²) in [4.78, 5) is 32.1. The van der Waals surface area contributed by atoms with Crippen molar-refractivity contribution >= 4 is 23.1 Å². The third-order valence-electron chi connectivity index (χ3n) is 5.45. The van der Waals surface area contributed by atoms with E-state index in [1.165, 1.54) is 4.90 Å². The minimum Gasteiger partial charge on any atom is -0.507 e. The van der Waals surface area contributed by atoms with Crippen molar-refractivity contribution in [1.29, 1.82) is 0 Å². The highest BCUT2D eigenvalue weighted by Gasteiger charge is 2.47. The summed E-state index contributed by atoms with van der Waals surface area (Å²) in [6, 6.07) is 18.0. The molecule has 3 aromatic rings. The summed E-state index contributed by atoms with van der Waals surface area (Å²) in [7, 11) is 1.55. The Bertz CT molecular complexity index is 1220. The Morgan fingerprint density at radius 2 is 1.79 bits per heavy atom. The van der Waals surface area contributed by atoms with Gasteiger partial charge >= 0.3 is 0 Å². The molecule has 174 valence electrons. The highest BCUT2D eigenvalue weighted by molar-refractivity contribution is 6.51. The number of carbonyl (C=O) groups is 2. The number of aliphatic hydroxyl groups is 1. The molecule has 1 aliphatic heterocycles. The zero-order valence-electron chi connectivity index (χ0n) is 19.3. The second-order valence-electron chi connectivity index (χ2n) is 8.35. The van der Waals surface area contributed by atoms with Crippen molar-refractivity contribution in [1.82, 2.24) is 4.98 Å². The van der Waals surface area contributed by atoms with Gasteiger partial charge in [0.2, 0.25) is 0 Å². The molecule has 0 radical (unpaired) electrons. The summed E-state index contributed by atoms with van der Waals surface area (Å²) >= 11 is 0. The van der Waals surface area contributed by atoms with Gasteiger partial charge in [-0.15, -0.1) is 0 Å². The number of methoxy groups -OCH3 is 1. The fourth-order valence-electron chi connectivity index (χ4n) is 3.81. The summed E-state index contributed by atoms with van der Waals surface area (Å²) < 4.78 is 11.0. The van der Waals surface area contributed by atoms with Crippen LogP contribution in [0.2, 0.25) is 0 Å². The lowest BCUT2D eigenvalue weighted by Gasteiger charge is -2.24. The van der Waals surface area contributed by atoms with E-state index in [0.29, 0.717) is 41.0 Å². The molecule has 0 saturated carbocycles. The molecule has 2 aromatic carbocycles. The highest BCUT2D eigenvalue weighted by Crippen LogP contribution is 2.42. The van der Waals surface area contributed by atoms with Crippen molar-refractivity contribution in [3.8, 4) is 11.5 Å². The molecule has 1 unspecified atom stereocenters. The van der Waals surface area contributed by atoms with Crippen LogP contribution in [-0.2, 0) is 9.59 Å². The average molecular weight is 459 g/mol. The van der Waals surface area contributed by atoms with Crippen LogP contribution < -0.4 is 14.4 Å². The fraction of sp³-hybridized carbons (Fsp3) is 0.222. The van der Waals surface area contributed by atoms with Crippen molar-refractivity contribution in [2.24, 2.45) is 5.92 Å². The van der Waals surface area contributed by atoms with Crippen molar-refractivity contribution in [2.45, 2.75) is 19.9 Å². The van der Waals surface area contributed by atoms with Crippen LogP contribution in [0.1, 0.15) is 31.1 Å². The topological polar surface area (TPSA) is 89.0 Å². The molecule has 2 heterocycles. The van der Waals surface area contributed by atoms with Gasteiger partial charge in [-0.05, 0) is 54.4 Å². The first-order valence-electron chi connectivity index (χ1n) is 11.0. The molecule has 1 atom stereocenters. The van der Waals surface area contributed by atoms with Gasteiger partial charge in [-0.1, -0.05) is 32.0 Å². The molecule has 1 amide bonds. The monoisotopic (exact) mass is 458 g/mol. The lowest BCUT2D eigenvalue weighted by Crippen LogP contribution is -2.29. The molecule has 7 nitrogen and oxygen atoms in total. The lowest BCUT2D eigenvalue weighted by atomic mass is 9.98. The Kier molecular flexibility index (Phi) is 6.63. The number of nitrogens with zero attached hydrogens (tertiary/aromatic N) is 2. The first-order chi connectivity index (χ1) is 16.4. The first-order valence-corrected chi connectivity index (χ1v) is 11.0. The number of hydrogen-bond acceptors (Lipinski definition) is 6. The van der Waals surface area contributed by atoms with Crippen LogP contribution in [0.3, 0.4) is 0 Å². The van der Waals surface area contributed by atoms with E-state index < -0.39 is 17.7 Å². The molecule has 0 bridgehead atoms. The minimum atomic E-state index is -0.894. The molecule has 4 rings (SSSR count). The Balaban J connectivity index is 1.83. The Labute approximate surface area is 198 Å². The van der Waals surface area contributed by atoms with Crippen LogP contribution in [-0.4, -0.2) is 35.5 Å². The van der Waals surface area contributed by atoms with E-state index in [9.17, 15) is 14.7 Å². The molecule has 7 heteroatoms. The largest absolute Gasteiger partial charge is 0.507 e. The van der Waals surface area contributed by atoms with Gasteiger partial charge in [0, 0.05) is 17.4 Å². The number of benzene rings is 2. The van der Waals surface area contributed by atoms with Crippen molar-refractivity contribution < 1.29 is 24.2 Å². The second kappa shape index (κ2) is 9.79. The molecule has 34 heavy (non-hydrogen) atoms. The SMILES string of the molecule is COc1ccc(N2C(=O)C(=O)/C(=C(\O)c3cccc(OCC(C)C)c3)C2c2ccccn2)cc1. The van der Waals surface area contributed by atoms with Gasteiger partial charge in [0.05, 0.1) is 25.0 Å². The van der Waals surface area contributed by atoms with Crippen LogP contribution in [0.5, 0.6) is 11.5 Å². The normalized spacial score (nSPS) is 17.3. The summed E-state index contributed by atoms with van der Waals surface area (Å²) in [5, 5.41) is 11.3. The maximum atomic E-state index is 13.2. The summed E-state index contributed by atoms with van der Waals surface area (Å²) in [5.74, 6) is -0.284. The molecule has 0 spiro atoms. The average Bonchev–Trinajstić information content (AvgIpc) is 3.13. The molecule has 1 fully saturated rings. The smallest absolute Gasteiger partial charge is 0.300 e. The van der Waals surface area contributed by atoms with Crippen LogP contribution in [0, 0.1) is 5.92 Å². The Morgan fingerprint density at radius 3 is 2.44 bits per heavy atom. The van der Waals surface area contributed by atoms with Gasteiger partial charge in [-0.2, -0.15) is 0 Å². The summed E-state index contributed by atoms with van der Waals surface area (Å²) in [6.07, 6.45) is 1.59. The number of Topliss-reactive ketones (excluding diaryl/α,β-unsaturated/α-hetero) is 1. The van der Waals surface area contributed by atoms with Gasteiger partial charge in [-0.25, -0.2) is 0 Å². The van der Waals surface area contributed by atoms with Crippen LogP contribution in [0.4, 0.5) is 5.69 Å². The maximum Gasteiger partial charge on any atom is 0.300 e. The number of anilines is 1. The third kappa shape index (κ3) is 4.50. The number of aliphatic hydroxyl groups excluding tert-OH is 1. The van der Waals surface area contributed by atoms with E-state index in [2.05, 4.69) is 4.98 Å². The first kappa shape index (κ1) is 23.0. The maximum absolute atomic E-state index is 13.2. The second-order valence-corrected chi connectivity index (χ2v) is 8.35. The van der Waals surface area contributed by atoms with E-state index in [0.717, 1.165) is 0 Å². The van der Waals surface area contributed by atoms with E-state index >= 15 is 0 Å². The fourth-order valence-corrected chi connectivity index (χ4v) is 3.81. The van der Waals surface area contributed by atoms with Gasteiger partial charge in [0.25, 0.3) is 11.7 Å². The zero-order chi connectivity index (χ0) is 24.2. The summed E-state index contributed by atoms with van der Waals surface area (Å²) in [6.45, 7) is 4.59. The quantitative estimate of drug-likeness (QED) is 0.312. The van der Waals surface area contributed by atoms with Gasteiger partial charge in [0.15, 0.2) is 0 Å². The number of ketones is 1. The molecular formula is C27H26N2O5. The van der Waals surface area contributed by atoms with E-state index in [1.807, 2.05) is 13.8 Å². The predicted molar refractivity (Wildman–Crippen MR) is 129 cm³/mol. The Morgan fingerprint density at radius 1 is 1.03 bits per heavy atom. The zero-order valence-corrected chi connectivity index (χ0v) is 19.3. The third-order valence-corrected chi connectivity index (χ3v) is 5.45. The van der Waals surface area contributed by atoms with Crippen LogP contribution in [0.15, 0.2) is 78.5 Å². The van der Waals surface area contributed by atoms with E-state index in [-0.39, 0.29) is 11.3 Å². The lowest BCUT2D eigenvalue weighted by molar-refractivity contribution is -0.132. The summed E-state index contributed by atoms with van der Waals surface area (Å²) in [5.41, 5.74) is 1.31. The number of ether oxygens (including phenoxy) is 2. The van der Waals surface area contributed by atoms with E-state index in [1.54, 1.807) is 80.0 Å². The molecule has 1 N–H and O–H groups in total. The number of rotatable bonds is 7. The molecular weight excluding hydrogens is 432 g/mol. The number of carbonyl (C=O) groups excluding carboxylic acids is 2. The standard InChI is InChI=1S/C27H26N2O5/c1-17(2)16-34-21-8-6-7-18(15-21)25(30)23-24(22-9-4-5-14-28-22)29(27(32)26(23)31)19-10-12-20(33-3)13-11-19/h4-15,17,24,30H,16H2,1-3H3/b25-23-. The van der Waals surface area contributed by atoms with Crippen LogP contribution in [0.25, 0.3) is 5.76 Å². The van der Waals surface area contributed by atoms with Crippen molar-refractivity contribution in [3.05, 3.63) is 89.8 Å². The molecule has 1 aliphatic rings.